The van der Waals surface area contributed by atoms with Gasteiger partial charge in [-0.2, -0.15) is 23.4 Å². The maximum absolute atomic E-state index is 13.1. The van der Waals surface area contributed by atoms with E-state index in [2.05, 4.69) is 15.5 Å². The minimum Gasteiger partial charge on any atom is -0.348 e. The van der Waals surface area contributed by atoms with E-state index in [4.69, 9.17) is 0 Å². The number of halogens is 3. The van der Waals surface area contributed by atoms with Gasteiger partial charge in [0.2, 0.25) is 0 Å². The summed E-state index contributed by atoms with van der Waals surface area (Å²) >= 11 is 0. The van der Waals surface area contributed by atoms with Crippen LogP contribution in [0, 0.1) is 5.92 Å². The number of carbonyl (C=O) groups excluding carboxylic acids is 1. The molecule has 6 nitrogen and oxygen atoms in total. The molecular weight excluding hydrogens is 443 g/mol. The van der Waals surface area contributed by atoms with Crippen LogP contribution in [0.5, 0.6) is 0 Å². The fourth-order valence-electron chi connectivity index (χ4n) is 4.98. The van der Waals surface area contributed by atoms with E-state index in [0.717, 1.165) is 60.3 Å². The Morgan fingerprint density at radius 3 is 2.65 bits per heavy atom. The van der Waals surface area contributed by atoms with Crippen LogP contribution in [0.2, 0.25) is 0 Å². The lowest BCUT2D eigenvalue weighted by atomic mass is 9.95. The highest BCUT2D eigenvalue weighted by Gasteiger charge is 2.41. The SMILES string of the molecule is CCc1nn2c(c1C(=O)NCc1ccc(-c3cc4n(n3)CC[C@H](C(F)(F)F)C4)cc1)CCCC2. The zero-order chi connectivity index (χ0) is 23.9. The molecule has 0 unspecified atom stereocenters. The summed E-state index contributed by atoms with van der Waals surface area (Å²) in [5, 5.41) is 12.2. The van der Waals surface area contributed by atoms with Gasteiger partial charge < -0.3 is 5.32 Å². The van der Waals surface area contributed by atoms with Crippen molar-refractivity contribution in [3.8, 4) is 11.3 Å². The third-order valence-electron chi connectivity index (χ3n) is 6.90. The van der Waals surface area contributed by atoms with Crippen LogP contribution in [0.25, 0.3) is 11.3 Å². The van der Waals surface area contributed by atoms with E-state index < -0.39 is 12.1 Å². The molecule has 180 valence electrons. The predicted octanol–water partition coefficient (Wildman–Crippen LogP) is 4.70. The van der Waals surface area contributed by atoms with E-state index in [0.29, 0.717) is 17.9 Å². The quantitative estimate of drug-likeness (QED) is 0.587. The van der Waals surface area contributed by atoms with E-state index in [9.17, 15) is 18.0 Å². The number of hydrogen-bond acceptors (Lipinski definition) is 3. The summed E-state index contributed by atoms with van der Waals surface area (Å²) in [6.07, 6.45) is -0.372. The number of amides is 1. The second-order valence-corrected chi connectivity index (χ2v) is 9.16. The number of benzene rings is 1. The van der Waals surface area contributed by atoms with Crippen molar-refractivity contribution in [1.82, 2.24) is 24.9 Å². The highest BCUT2D eigenvalue weighted by molar-refractivity contribution is 5.96. The predicted molar refractivity (Wildman–Crippen MR) is 121 cm³/mol. The zero-order valence-electron chi connectivity index (χ0n) is 19.2. The molecule has 0 saturated heterocycles. The van der Waals surface area contributed by atoms with Crippen molar-refractivity contribution >= 4 is 5.91 Å². The molecule has 0 spiro atoms. The molecule has 1 aromatic carbocycles. The Kier molecular flexibility index (Phi) is 5.95. The number of carbonyl (C=O) groups is 1. The molecule has 1 N–H and O–H groups in total. The van der Waals surface area contributed by atoms with E-state index >= 15 is 0 Å². The lowest BCUT2D eigenvalue weighted by molar-refractivity contribution is -0.179. The molecule has 2 aliphatic heterocycles. The van der Waals surface area contributed by atoms with Gasteiger partial charge in [-0.25, -0.2) is 0 Å². The number of aromatic nitrogens is 4. The Morgan fingerprint density at radius 2 is 1.91 bits per heavy atom. The van der Waals surface area contributed by atoms with Crippen LogP contribution in [-0.2, 0) is 38.9 Å². The van der Waals surface area contributed by atoms with Crippen molar-refractivity contribution in [2.24, 2.45) is 5.92 Å². The summed E-state index contributed by atoms with van der Waals surface area (Å²) in [4.78, 5) is 13.0. The molecule has 1 atom stereocenters. The monoisotopic (exact) mass is 471 g/mol. The number of fused-ring (bicyclic) bond motifs is 2. The van der Waals surface area contributed by atoms with Crippen LogP contribution in [0.4, 0.5) is 13.2 Å². The summed E-state index contributed by atoms with van der Waals surface area (Å²) < 4.78 is 42.9. The molecular formula is C25H28F3N5O. The van der Waals surface area contributed by atoms with Gasteiger partial charge in [0.1, 0.15) is 0 Å². The van der Waals surface area contributed by atoms with E-state index in [1.807, 2.05) is 35.9 Å². The van der Waals surface area contributed by atoms with Crippen LogP contribution in [0.3, 0.4) is 0 Å². The molecule has 0 saturated carbocycles. The van der Waals surface area contributed by atoms with Gasteiger partial charge in [-0.1, -0.05) is 31.2 Å². The van der Waals surface area contributed by atoms with Gasteiger partial charge in [-0.15, -0.1) is 0 Å². The third kappa shape index (κ3) is 4.35. The fraction of sp³-hybridized carbons (Fsp3) is 0.480. The first kappa shape index (κ1) is 22.7. The Hall–Kier alpha value is -3.10. The molecule has 0 fully saturated rings. The first-order valence-corrected chi connectivity index (χ1v) is 11.9. The van der Waals surface area contributed by atoms with E-state index in [-0.39, 0.29) is 25.3 Å². The zero-order valence-corrected chi connectivity index (χ0v) is 19.2. The second-order valence-electron chi connectivity index (χ2n) is 9.16. The minimum absolute atomic E-state index is 0.0288. The lowest BCUT2D eigenvalue weighted by Crippen LogP contribution is -2.31. The van der Waals surface area contributed by atoms with Crippen LogP contribution in [-0.4, -0.2) is 31.6 Å². The number of hydrogen-bond donors (Lipinski definition) is 1. The molecule has 2 aromatic heterocycles. The van der Waals surface area contributed by atoms with Crippen molar-refractivity contribution < 1.29 is 18.0 Å². The largest absolute Gasteiger partial charge is 0.392 e. The smallest absolute Gasteiger partial charge is 0.348 e. The third-order valence-corrected chi connectivity index (χ3v) is 6.90. The van der Waals surface area contributed by atoms with Gasteiger partial charge in [0.25, 0.3) is 5.91 Å². The summed E-state index contributed by atoms with van der Waals surface area (Å²) in [5.41, 5.74) is 5.69. The summed E-state index contributed by atoms with van der Waals surface area (Å²) in [7, 11) is 0. The molecule has 0 radical (unpaired) electrons. The fourth-order valence-corrected chi connectivity index (χ4v) is 4.98. The van der Waals surface area contributed by atoms with Gasteiger partial charge in [0, 0.05) is 37.3 Å². The normalized spacial score (nSPS) is 17.8. The maximum Gasteiger partial charge on any atom is 0.392 e. The van der Waals surface area contributed by atoms with Crippen LogP contribution in [0.1, 0.15) is 59.2 Å². The second kappa shape index (κ2) is 8.92. The van der Waals surface area contributed by atoms with E-state index in [1.165, 1.54) is 0 Å². The summed E-state index contributed by atoms with van der Waals surface area (Å²) in [5.74, 6) is -1.39. The Bertz CT molecular complexity index is 1190. The molecule has 9 heteroatoms. The molecule has 4 heterocycles. The molecule has 0 aliphatic carbocycles. The van der Waals surface area contributed by atoms with Crippen molar-refractivity contribution in [2.45, 2.75) is 71.3 Å². The molecule has 1 amide bonds. The number of alkyl halides is 3. The highest BCUT2D eigenvalue weighted by atomic mass is 19.4. The van der Waals surface area contributed by atoms with Crippen LogP contribution >= 0.6 is 0 Å². The van der Waals surface area contributed by atoms with Gasteiger partial charge in [0.15, 0.2) is 0 Å². The summed E-state index contributed by atoms with van der Waals surface area (Å²) in [6, 6.07) is 9.39. The van der Waals surface area contributed by atoms with Gasteiger partial charge in [0.05, 0.1) is 28.6 Å². The average molecular weight is 472 g/mol. The van der Waals surface area contributed by atoms with Gasteiger partial charge in [-0.3, -0.25) is 14.2 Å². The molecule has 34 heavy (non-hydrogen) atoms. The number of nitrogens with zero attached hydrogens (tertiary/aromatic N) is 4. The van der Waals surface area contributed by atoms with Crippen LogP contribution < -0.4 is 5.32 Å². The van der Waals surface area contributed by atoms with Crippen molar-refractivity contribution in [1.29, 1.82) is 0 Å². The molecule has 3 aromatic rings. The van der Waals surface area contributed by atoms with Gasteiger partial charge in [-0.05, 0) is 43.7 Å². The van der Waals surface area contributed by atoms with E-state index in [1.54, 1.807) is 10.7 Å². The molecule has 0 bridgehead atoms. The summed E-state index contributed by atoms with van der Waals surface area (Å²) in [6.45, 7) is 3.55. The molecule has 2 aliphatic rings. The van der Waals surface area contributed by atoms with Crippen molar-refractivity contribution in [2.75, 3.05) is 0 Å². The first-order chi connectivity index (χ1) is 16.3. The van der Waals surface area contributed by atoms with Crippen LogP contribution in [0.15, 0.2) is 30.3 Å². The first-order valence-electron chi connectivity index (χ1n) is 11.9. The Balaban J connectivity index is 1.25. The standard InChI is InChI=1S/C25H28F3N5O/c1-2-20-23(22-5-3-4-11-33(22)30-20)24(34)29-15-16-6-8-17(9-7-16)21-14-19-13-18(25(26,27)28)10-12-32(19)31-21/h6-9,14,18H,2-5,10-13,15H2,1H3,(H,29,34)/t18-/m0/s1. The van der Waals surface area contributed by atoms with Crippen molar-refractivity contribution in [3.63, 3.8) is 0 Å². The van der Waals surface area contributed by atoms with Gasteiger partial charge >= 0.3 is 6.18 Å². The maximum atomic E-state index is 13.1. The van der Waals surface area contributed by atoms with Crippen molar-refractivity contribution in [3.05, 3.63) is 58.5 Å². The topological polar surface area (TPSA) is 64.7 Å². The Morgan fingerprint density at radius 1 is 1.12 bits per heavy atom. The molecule has 5 rings (SSSR count). The Labute approximate surface area is 196 Å². The number of aryl methyl sites for hydroxylation is 3. The number of rotatable bonds is 5. The number of nitrogens with one attached hydrogen (secondary N) is 1. The highest BCUT2D eigenvalue weighted by Crippen LogP contribution is 2.36. The average Bonchev–Trinajstić information content (AvgIpc) is 3.43. The minimum atomic E-state index is -4.17. The lowest BCUT2D eigenvalue weighted by Gasteiger charge is -2.25.